The molecule has 0 radical (unpaired) electrons. The summed E-state index contributed by atoms with van der Waals surface area (Å²) in [4.78, 5) is 0.519. The molecule has 0 fully saturated rings. The number of hydrogen-bond acceptors (Lipinski definition) is 18. The summed E-state index contributed by atoms with van der Waals surface area (Å²) in [6.45, 7) is 0. The molecule has 0 bridgehead atoms. The molecule has 0 aliphatic heterocycles. The summed E-state index contributed by atoms with van der Waals surface area (Å²) >= 11 is 0. The number of nitrogens with zero attached hydrogens (tertiary/aromatic N) is 1. The minimum atomic E-state index is -1.53. The average Bonchev–Trinajstić information content (AvgIpc) is 3.43. The Kier molecular flexibility index (Phi) is 10.7. The number of phenolic OH excluding ortho intramolecular Hbond substituents is 13. The SMILES string of the molecule is OC1=CC(c2c(O)c(O)c(N(c3ccc(-c4cc(-c5ccccc5)cc(-c5ccccc5)c4)cc3)c3c(O)c(O)c(-c4c(O)c(O)c(O)c(O)c4O)c(O)c3O)c(O)c2O)=C(O)C(O)=C(O)C1. The first-order valence-electron chi connectivity index (χ1n) is 19.6. The Bertz CT molecular complexity index is 3130. The number of phenols is 13. The van der Waals surface area contributed by atoms with E-state index >= 15 is 0 Å². The van der Waals surface area contributed by atoms with Crippen LogP contribution in [0.25, 0.3) is 50.1 Å². The van der Waals surface area contributed by atoms with E-state index in [-0.39, 0.29) is 5.69 Å². The van der Waals surface area contributed by atoms with E-state index in [0.717, 1.165) is 22.3 Å². The van der Waals surface area contributed by atoms with Crippen LogP contribution in [0.4, 0.5) is 17.1 Å². The van der Waals surface area contributed by atoms with Crippen LogP contribution in [0, 0.1) is 0 Å². The van der Waals surface area contributed by atoms with Gasteiger partial charge in [0.2, 0.25) is 17.2 Å². The normalized spacial score (nSPS) is 12.8. The fourth-order valence-corrected chi connectivity index (χ4v) is 7.77. The number of rotatable bonds is 8. The van der Waals surface area contributed by atoms with Crippen molar-refractivity contribution in [2.45, 2.75) is 6.42 Å². The van der Waals surface area contributed by atoms with Gasteiger partial charge in [-0.15, -0.1) is 0 Å². The van der Waals surface area contributed by atoms with E-state index in [1.807, 2.05) is 78.9 Å². The minimum absolute atomic E-state index is 0.300. The van der Waals surface area contributed by atoms with E-state index in [1.54, 1.807) is 0 Å². The summed E-state index contributed by atoms with van der Waals surface area (Å²) in [6.07, 6.45) is -0.0733. The summed E-state index contributed by atoms with van der Waals surface area (Å²) in [5, 5.41) is 186. The second-order valence-corrected chi connectivity index (χ2v) is 15.1. The van der Waals surface area contributed by atoms with Crippen molar-refractivity contribution in [2.24, 2.45) is 0 Å². The third-order valence-electron chi connectivity index (χ3n) is 11.1. The van der Waals surface area contributed by atoms with E-state index < -0.39 is 138 Å². The van der Waals surface area contributed by atoms with Gasteiger partial charge in [0.25, 0.3) is 0 Å². The second kappa shape index (κ2) is 16.4. The van der Waals surface area contributed by atoms with Gasteiger partial charge in [-0.1, -0.05) is 72.8 Å². The van der Waals surface area contributed by atoms with Gasteiger partial charge in [0, 0.05) is 11.3 Å². The molecule has 340 valence electrons. The molecule has 18 nitrogen and oxygen atoms in total. The molecule has 0 unspecified atom stereocenters. The van der Waals surface area contributed by atoms with Crippen molar-refractivity contribution in [1.29, 1.82) is 0 Å². The lowest BCUT2D eigenvalue weighted by atomic mass is 9.93. The lowest BCUT2D eigenvalue weighted by molar-refractivity contribution is 0.272. The highest BCUT2D eigenvalue weighted by Crippen LogP contribution is 2.66. The van der Waals surface area contributed by atoms with Crippen molar-refractivity contribution >= 4 is 22.6 Å². The highest BCUT2D eigenvalue weighted by Gasteiger charge is 2.38. The van der Waals surface area contributed by atoms with Crippen molar-refractivity contribution in [1.82, 2.24) is 0 Å². The van der Waals surface area contributed by atoms with Gasteiger partial charge in [-0.25, -0.2) is 0 Å². The van der Waals surface area contributed by atoms with Crippen LogP contribution in [0.2, 0.25) is 0 Å². The summed E-state index contributed by atoms with van der Waals surface area (Å²) in [7, 11) is 0. The summed E-state index contributed by atoms with van der Waals surface area (Å²) in [6, 6.07) is 30.3. The third-order valence-corrected chi connectivity index (χ3v) is 11.1. The number of anilines is 3. The van der Waals surface area contributed by atoms with Crippen LogP contribution in [0.5, 0.6) is 74.7 Å². The van der Waals surface area contributed by atoms with E-state index in [9.17, 15) is 86.8 Å². The second-order valence-electron chi connectivity index (χ2n) is 15.1. The van der Waals surface area contributed by atoms with Gasteiger partial charge >= 0.3 is 0 Å². The molecule has 0 saturated heterocycles. The molecule has 0 atom stereocenters. The number of aliphatic hydroxyl groups is 4. The molecule has 7 aromatic rings. The van der Waals surface area contributed by atoms with Crippen molar-refractivity contribution in [3.05, 3.63) is 138 Å². The molecular weight excluding hydrogens is 875 g/mol. The highest BCUT2D eigenvalue weighted by atomic mass is 16.4. The van der Waals surface area contributed by atoms with Crippen LogP contribution < -0.4 is 4.90 Å². The molecule has 7 aromatic carbocycles. The van der Waals surface area contributed by atoms with E-state index in [1.165, 1.54) is 24.3 Å². The van der Waals surface area contributed by atoms with Crippen molar-refractivity contribution in [3.63, 3.8) is 0 Å². The Hall–Kier alpha value is -9.84. The molecule has 67 heavy (non-hydrogen) atoms. The predicted octanol–water partition coefficient (Wildman–Crippen LogP) is 9.44. The largest absolute Gasteiger partial charge is 0.512 e. The zero-order valence-electron chi connectivity index (χ0n) is 34.1. The maximum atomic E-state index is 11.8. The van der Waals surface area contributed by atoms with Crippen LogP contribution in [0.15, 0.2) is 132 Å². The van der Waals surface area contributed by atoms with Gasteiger partial charge < -0.3 is 86.8 Å². The smallest absolute Gasteiger partial charge is 0.208 e. The van der Waals surface area contributed by atoms with Crippen LogP contribution in [-0.4, -0.2) is 86.8 Å². The quantitative estimate of drug-likeness (QED) is 0.0498. The minimum Gasteiger partial charge on any atom is -0.512 e. The van der Waals surface area contributed by atoms with Crippen LogP contribution in [0.1, 0.15) is 12.0 Å². The van der Waals surface area contributed by atoms with Gasteiger partial charge in [-0.05, 0) is 69.8 Å². The van der Waals surface area contributed by atoms with Gasteiger partial charge in [-0.3, -0.25) is 4.90 Å². The molecule has 8 rings (SSSR count). The molecule has 17 N–H and O–H groups in total. The fourth-order valence-electron chi connectivity index (χ4n) is 7.77. The van der Waals surface area contributed by atoms with E-state index in [0.29, 0.717) is 22.1 Å². The molecule has 18 heteroatoms. The molecule has 0 saturated carbocycles. The molecule has 0 amide bonds. The molecule has 0 aromatic heterocycles. The van der Waals surface area contributed by atoms with Gasteiger partial charge in [0.05, 0.1) is 23.1 Å². The summed E-state index contributed by atoms with van der Waals surface area (Å²) in [5.41, 5.74) is -2.36. The van der Waals surface area contributed by atoms with Crippen molar-refractivity contribution in [3.8, 4) is 119 Å². The van der Waals surface area contributed by atoms with Crippen LogP contribution in [0.3, 0.4) is 0 Å². The third kappa shape index (κ3) is 7.12. The van der Waals surface area contributed by atoms with Crippen LogP contribution >= 0.6 is 0 Å². The molecule has 0 spiro atoms. The predicted molar refractivity (Wildman–Crippen MR) is 242 cm³/mol. The zero-order chi connectivity index (χ0) is 48.3. The molecule has 1 aliphatic rings. The van der Waals surface area contributed by atoms with Gasteiger partial charge in [0.15, 0.2) is 69.0 Å². The number of benzene rings is 7. The Labute approximate surface area is 377 Å². The zero-order valence-corrected chi connectivity index (χ0v) is 34.1. The molecule has 1 aliphatic carbocycles. The van der Waals surface area contributed by atoms with E-state index in [2.05, 4.69) is 0 Å². The number of allylic oxidation sites excluding steroid dienone is 2. The first-order valence-corrected chi connectivity index (χ1v) is 19.6. The maximum Gasteiger partial charge on any atom is 0.208 e. The average molecular weight is 912 g/mol. The topological polar surface area (TPSA) is 347 Å². The maximum absolute atomic E-state index is 11.8. The van der Waals surface area contributed by atoms with Crippen LogP contribution in [-0.2, 0) is 0 Å². The first kappa shape index (κ1) is 43.8. The number of aliphatic hydroxyl groups excluding tert-OH is 4. The lowest BCUT2D eigenvalue weighted by Crippen LogP contribution is -2.12. The summed E-state index contributed by atoms with van der Waals surface area (Å²) < 4.78 is 0. The number of hydrogen-bond donors (Lipinski definition) is 17. The van der Waals surface area contributed by atoms with E-state index in [4.69, 9.17) is 0 Å². The summed E-state index contributed by atoms with van der Waals surface area (Å²) in [5.74, 6) is -23.3. The highest BCUT2D eigenvalue weighted by molar-refractivity contribution is 6.02. The van der Waals surface area contributed by atoms with Gasteiger partial charge in [-0.2, -0.15) is 0 Å². The Morgan fingerprint density at radius 1 is 0.313 bits per heavy atom. The molecule has 0 heterocycles. The van der Waals surface area contributed by atoms with Crippen molar-refractivity contribution in [2.75, 3.05) is 4.90 Å². The lowest BCUT2D eigenvalue weighted by Gasteiger charge is -2.30. The monoisotopic (exact) mass is 911 g/mol. The van der Waals surface area contributed by atoms with Gasteiger partial charge in [0.1, 0.15) is 22.9 Å². The molecular formula is C49H37NO17. The Balaban J connectivity index is 1.39. The Morgan fingerprint density at radius 3 is 1.06 bits per heavy atom. The standard InChI is InChI=1S/C49H37NO17/c51-27-18-28(35(53)36(54)29(52)19-27)30-37(55)43(61)33(44(62)38(30)56)50(34-45(63)39(57)31(40(58)46(34)64)32-41(59)47(65)49(67)48(66)42(32)60)26-13-11-22(12-14-26)25-16-23(20-7-3-1-4-8-20)15-24(17-25)21-9-5-2-6-10-21/h1-18,51-67H,19H2. The fraction of sp³-hybridized carbons (Fsp3) is 0.0204. The van der Waals surface area contributed by atoms with Crippen molar-refractivity contribution < 1.29 is 86.8 Å². The first-order chi connectivity index (χ1) is 31.8. The Morgan fingerprint density at radius 2 is 0.657 bits per heavy atom. The number of aromatic hydroxyl groups is 13.